The van der Waals surface area contributed by atoms with Crippen molar-refractivity contribution < 1.29 is 5.11 Å². The van der Waals surface area contributed by atoms with Gasteiger partial charge in [0.05, 0.1) is 17.4 Å². The van der Waals surface area contributed by atoms with Gasteiger partial charge in [-0.25, -0.2) is 0 Å². The predicted molar refractivity (Wildman–Crippen MR) is 67.9 cm³/mol. The number of nitrogens with zero attached hydrogens (tertiary/aromatic N) is 2. The summed E-state index contributed by atoms with van der Waals surface area (Å²) >= 11 is 0. The fourth-order valence-electron chi connectivity index (χ4n) is 2.41. The minimum Gasteiger partial charge on any atom is -0.393 e. The van der Waals surface area contributed by atoms with Crippen molar-refractivity contribution in [2.75, 3.05) is 18.5 Å². The highest BCUT2D eigenvalue weighted by Gasteiger charge is 2.28. The topological polar surface area (TPSA) is 47.3 Å². The van der Waals surface area contributed by atoms with Crippen LogP contribution in [0, 0.1) is 24.2 Å². The fourth-order valence-corrected chi connectivity index (χ4v) is 2.41. The molecule has 0 saturated heterocycles. The van der Waals surface area contributed by atoms with Gasteiger partial charge in [-0.3, -0.25) is 0 Å². The second kappa shape index (κ2) is 4.77. The Kier molecular flexibility index (Phi) is 3.35. The number of anilines is 1. The Morgan fingerprint density at radius 3 is 2.76 bits per heavy atom. The number of rotatable bonds is 3. The summed E-state index contributed by atoms with van der Waals surface area (Å²) in [5.74, 6) is 0.558. The molecule has 2 rings (SSSR count). The number of aliphatic hydroxyl groups is 1. The zero-order chi connectivity index (χ0) is 12.4. The van der Waals surface area contributed by atoms with Gasteiger partial charge in [0, 0.05) is 13.6 Å². The summed E-state index contributed by atoms with van der Waals surface area (Å²) in [6.45, 7) is 2.90. The van der Waals surface area contributed by atoms with E-state index in [1.807, 2.05) is 32.2 Å². The molecule has 90 valence electrons. The summed E-state index contributed by atoms with van der Waals surface area (Å²) in [4.78, 5) is 2.12. The molecule has 0 bridgehead atoms. The summed E-state index contributed by atoms with van der Waals surface area (Å²) in [7, 11) is 2.01. The maximum atomic E-state index is 9.27. The molecule has 1 aromatic carbocycles. The molecule has 1 aliphatic rings. The molecular weight excluding hydrogens is 212 g/mol. The van der Waals surface area contributed by atoms with E-state index in [0.29, 0.717) is 5.92 Å². The molecule has 0 unspecified atom stereocenters. The molecule has 1 fully saturated rings. The van der Waals surface area contributed by atoms with Gasteiger partial charge in [-0.05, 0) is 43.4 Å². The van der Waals surface area contributed by atoms with Crippen molar-refractivity contribution in [3.05, 3.63) is 29.3 Å². The first-order chi connectivity index (χ1) is 8.10. The second-order valence-corrected chi connectivity index (χ2v) is 5.00. The largest absolute Gasteiger partial charge is 0.393 e. The molecule has 0 amide bonds. The number of aliphatic hydroxyl groups excluding tert-OH is 1. The van der Waals surface area contributed by atoms with Crippen LogP contribution in [-0.4, -0.2) is 24.8 Å². The highest BCUT2D eigenvalue weighted by molar-refractivity contribution is 5.60. The van der Waals surface area contributed by atoms with E-state index in [-0.39, 0.29) is 6.10 Å². The monoisotopic (exact) mass is 230 g/mol. The molecule has 0 radical (unpaired) electrons. The van der Waals surface area contributed by atoms with Gasteiger partial charge in [0.2, 0.25) is 0 Å². The van der Waals surface area contributed by atoms with Gasteiger partial charge in [-0.1, -0.05) is 6.07 Å². The Morgan fingerprint density at radius 2 is 2.18 bits per heavy atom. The van der Waals surface area contributed by atoms with E-state index < -0.39 is 0 Å². The first-order valence-corrected chi connectivity index (χ1v) is 6.00. The molecule has 1 N–H and O–H groups in total. The molecule has 3 heteroatoms. The van der Waals surface area contributed by atoms with E-state index in [4.69, 9.17) is 5.26 Å². The molecule has 17 heavy (non-hydrogen) atoms. The van der Waals surface area contributed by atoms with E-state index in [1.165, 1.54) is 0 Å². The number of hydrogen-bond donors (Lipinski definition) is 1. The Bertz CT molecular complexity index is 444. The van der Waals surface area contributed by atoms with Crippen molar-refractivity contribution in [3.8, 4) is 6.07 Å². The van der Waals surface area contributed by atoms with Crippen LogP contribution >= 0.6 is 0 Å². The lowest BCUT2D eigenvalue weighted by molar-refractivity contribution is 0.0465. The minimum absolute atomic E-state index is 0.109. The first-order valence-electron chi connectivity index (χ1n) is 6.00. The molecule has 0 spiro atoms. The van der Waals surface area contributed by atoms with Crippen molar-refractivity contribution in [3.63, 3.8) is 0 Å². The second-order valence-electron chi connectivity index (χ2n) is 5.00. The zero-order valence-electron chi connectivity index (χ0n) is 10.3. The van der Waals surface area contributed by atoms with Crippen LogP contribution in [-0.2, 0) is 0 Å². The van der Waals surface area contributed by atoms with Crippen LogP contribution in [0.4, 0.5) is 5.69 Å². The first kappa shape index (κ1) is 11.9. The average Bonchev–Trinajstić information content (AvgIpc) is 2.26. The average molecular weight is 230 g/mol. The highest BCUT2D eigenvalue weighted by atomic mass is 16.3. The summed E-state index contributed by atoms with van der Waals surface area (Å²) in [6.07, 6.45) is 1.66. The molecule has 1 aromatic rings. The summed E-state index contributed by atoms with van der Waals surface area (Å²) < 4.78 is 0. The molecule has 0 atom stereocenters. The third kappa shape index (κ3) is 2.59. The van der Waals surface area contributed by atoms with Crippen molar-refractivity contribution in [2.45, 2.75) is 25.9 Å². The quantitative estimate of drug-likeness (QED) is 0.864. The maximum Gasteiger partial charge on any atom is 0.101 e. The van der Waals surface area contributed by atoms with E-state index in [1.54, 1.807) is 0 Å². The molecule has 0 heterocycles. The van der Waals surface area contributed by atoms with Crippen molar-refractivity contribution >= 4 is 5.69 Å². The molecule has 1 saturated carbocycles. The van der Waals surface area contributed by atoms with Crippen LogP contribution in [0.15, 0.2) is 18.2 Å². The van der Waals surface area contributed by atoms with E-state index in [2.05, 4.69) is 11.0 Å². The molecular formula is C14H18N2O. The summed E-state index contributed by atoms with van der Waals surface area (Å²) in [5, 5.41) is 18.4. The summed E-state index contributed by atoms with van der Waals surface area (Å²) in [6, 6.07) is 8.20. The number of hydrogen-bond acceptors (Lipinski definition) is 3. The summed E-state index contributed by atoms with van der Waals surface area (Å²) in [5.41, 5.74) is 2.82. The predicted octanol–water partition coefficient (Wildman–Crippen LogP) is 2.07. The lowest BCUT2D eigenvalue weighted by Crippen LogP contribution is -2.37. The number of aryl methyl sites for hydroxylation is 1. The Hall–Kier alpha value is -1.53. The smallest absolute Gasteiger partial charge is 0.101 e. The van der Waals surface area contributed by atoms with Crippen molar-refractivity contribution in [2.24, 2.45) is 5.92 Å². The standard InChI is InChI=1S/C14H18N2O/c1-10-3-4-14(12(5-10)8-15)16(2)9-11-6-13(17)7-11/h3-5,11,13,17H,6-7,9H2,1-2H3. The van der Waals surface area contributed by atoms with Gasteiger partial charge in [0.25, 0.3) is 0 Å². The molecule has 0 aliphatic heterocycles. The normalized spacial score (nSPS) is 22.7. The molecule has 1 aliphatic carbocycles. The van der Waals surface area contributed by atoms with Gasteiger partial charge in [-0.2, -0.15) is 5.26 Å². The third-order valence-electron chi connectivity index (χ3n) is 3.43. The number of benzene rings is 1. The van der Waals surface area contributed by atoms with Crippen molar-refractivity contribution in [1.82, 2.24) is 0 Å². The lowest BCUT2D eigenvalue weighted by atomic mass is 9.82. The Labute approximate surface area is 102 Å². The number of nitriles is 1. The third-order valence-corrected chi connectivity index (χ3v) is 3.43. The van der Waals surface area contributed by atoms with Crippen LogP contribution in [0.3, 0.4) is 0 Å². The van der Waals surface area contributed by atoms with E-state index >= 15 is 0 Å². The van der Waals surface area contributed by atoms with Gasteiger partial charge < -0.3 is 10.0 Å². The highest BCUT2D eigenvalue weighted by Crippen LogP contribution is 2.30. The zero-order valence-corrected chi connectivity index (χ0v) is 10.3. The van der Waals surface area contributed by atoms with E-state index in [0.717, 1.165) is 36.2 Å². The van der Waals surface area contributed by atoms with Crippen LogP contribution in [0.2, 0.25) is 0 Å². The molecule has 0 aromatic heterocycles. The van der Waals surface area contributed by atoms with Crippen LogP contribution in [0.25, 0.3) is 0 Å². The van der Waals surface area contributed by atoms with Crippen molar-refractivity contribution in [1.29, 1.82) is 5.26 Å². The van der Waals surface area contributed by atoms with Gasteiger partial charge >= 0.3 is 0 Å². The van der Waals surface area contributed by atoms with Gasteiger partial charge in [-0.15, -0.1) is 0 Å². The lowest BCUT2D eigenvalue weighted by Gasteiger charge is -2.35. The fraction of sp³-hybridized carbons (Fsp3) is 0.500. The Balaban J connectivity index is 2.08. The van der Waals surface area contributed by atoms with Crippen LogP contribution < -0.4 is 4.90 Å². The van der Waals surface area contributed by atoms with Gasteiger partial charge in [0.1, 0.15) is 6.07 Å². The van der Waals surface area contributed by atoms with Crippen LogP contribution in [0.5, 0.6) is 0 Å². The maximum absolute atomic E-state index is 9.27. The minimum atomic E-state index is -0.109. The van der Waals surface area contributed by atoms with E-state index in [9.17, 15) is 5.11 Å². The van der Waals surface area contributed by atoms with Gasteiger partial charge in [0.15, 0.2) is 0 Å². The van der Waals surface area contributed by atoms with Crippen LogP contribution in [0.1, 0.15) is 24.0 Å². The Morgan fingerprint density at radius 1 is 1.47 bits per heavy atom. The SMILES string of the molecule is Cc1ccc(N(C)CC2CC(O)C2)c(C#N)c1. The molecule has 3 nitrogen and oxygen atoms in total.